The first kappa shape index (κ1) is 19.4. The fraction of sp³-hybridized carbons (Fsp3) is 0.227. The zero-order valence-electron chi connectivity index (χ0n) is 15.8. The van der Waals surface area contributed by atoms with Gasteiger partial charge in [-0.1, -0.05) is 65.8 Å². The van der Waals surface area contributed by atoms with E-state index in [2.05, 4.69) is 10.5 Å². The summed E-state index contributed by atoms with van der Waals surface area (Å²) in [6, 6.07) is 19.8. The molecule has 0 fully saturated rings. The van der Waals surface area contributed by atoms with Crippen LogP contribution in [0, 0.1) is 0 Å². The zero-order chi connectivity index (χ0) is 19.9. The molecule has 0 aliphatic rings. The number of rotatable bonds is 7. The van der Waals surface area contributed by atoms with Crippen LogP contribution < -0.4 is 5.32 Å². The highest BCUT2D eigenvalue weighted by Gasteiger charge is 2.23. The molecule has 0 saturated carbocycles. The molecule has 0 aliphatic heterocycles. The van der Waals surface area contributed by atoms with Gasteiger partial charge in [-0.15, -0.1) is 0 Å². The van der Waals surface area contributed by atoms with Gasteiger partial charge in [0.1, 0.15) is 5.69 Å². The van der Waals surface area contributed by atoms with E-state index in [-0.39, 0.29) is 24.3 Å². The number of esters is 1. The maximum atomic E-state index is 12.7. The first-order valence-electron chi connectivity index (χ1n) is 9.10. The second-order valence-corrected chi connectivity index (χ2v) is 6.62. The molecule has 28 heavy (non-hydrogen) atoms. The lowest BCUT2D eigenvalue weighted by molar-refractivity contribution is -0.147. The summed E-state index contributed by atoms with van der Waals surface area (Å²) in [5, 5.41) is 6.81. The molecular weight excluding hydrogens is 356 g/mol. The predicted molar refractivity (Wildman–Crippen MR) is 104 cm³/mol. The predicted octanol–water partition coefficient (Wildman–Crippen LogP) is 4.15. The summed E-state index contributed by atoms with van der Waals surface area (Å²) in [5.41, 5.74) is 2.23. The van der Waals surface area contributed by atoms with Crippen molar-refractivity contribution in [3.05, 3.63) is 78.1 Å². The third-order valence-corrected chi connectivity index (χ3v) is 4.05. The van der Waals surface area contributed by atoms with E-state index < -0.39 is 11.9 Å². The minimum absolute atomic E-state index is 0.0214. The van der Waals surface area contributed by atoms with Crippen LogP contribution in [0.1, 0.15) is 42.4 Å². The average molecular weight is 378 g/mol. The molecule has 0 bridgehead atoms. The van der Waals surface area contributed by atoms with E-state index in [1.165, 1.54) is 0 Å². The van der Waals surface area contributed by atoms with Crippen LogP contribution in [0.3, 0.4) is 0 Å². The number of benzene rings is 2. The summed E-state index contributed by atoms with van der Waals surface area (Å²) < 4.78 is 10.4. The van der Waals surface area contributed by atoms with Crippen molar-refractivity contribution in [3.63, 3.8) is 0 Å². The third kappa shape index (κ3) is 5.07. The molecule has 1 atom stereocenters. The minimum atomic E-state index is -0.537. The molecule has 1 amide bonds. The number of amides is 1. The van der Waals surface area contributed by atoms with Gasteiger partial charge < -0.3 is 14.6 Å². The highest BCUT2D eigenvalue weighted by atomic mass is 16.5. The molecule has 3 rings (SSSR count). The molecule has 1 aromatic heterocycles. The molecule has 1 heterocycles. The van der Waals surface area contributed by atoms with Crippen LogP contribution in [-0.4, -0.2) is 23.1 Å². The number of nitrogens with zero attached hydrogens (tertiary/aromatic N) is 1. The molecule has 0 spiro atoms. The second kappa shape index (κ2) is 8.99. The van der Waals surface area contributed by atoms with Crippen LogP contribution in [0.25, 0.3) is 11.3 Å². The lowest BCUT2D eigenvalue weighted by atomic mass is 10.0. The van der Waals surface area contributed by atoms with Gasteiger partial charge >= 0.3 is 5.97 Å². The van der Waals surface area contributed by atoms with Crippen molar-refractivity contribution in [2.75, 3.05) is 0 Å². The van der Waals surface area contributed by atoms with Gasteiger partial charge in [-0.25, -0.2) is 0 Å². The van der Waals surface area contributed by atoms with E-state index in [9.17, 15) is 9.59 Å². The van der Waals surface area contributed by atoms with Crippen LogP contribution in [0.15, 0.2) is 71.3 Å². The summed E-state index contributed by atoms with van der Waals surface area (Å²) in [5.74, 6) is -0.746. The monoisotopic (exact) mass is 378 g/mol. The number of carbonyl (C=O) groups is 2. The molecule has 144 valence electrons. The first-order valence-corrected chi connectivity index (χ1v) is 9.10. The van der Waals surface area contributed by atoms with Gasteiger partial charge in [0.25, 0.3) is 5.91 Å². The summed E-state index contributed by atoms with van der Waals surface area (Å²) >= 11 is 0. The van der Waals surface area contributed by atoms with E-state index in [1.807, 2.05) is 60.7 Å². The lowest BCUT2D eigenvalue weighted by Crippen LogP contribution is -2.30. The van der Waals surface area contributed by atoms with Gasteiger partial charge in [0.05, 0.1) is 18.6 Å². The SMILES string of the molecule is CC(C)OC(=O)CC(NC(=O)c1cc(-c2ccccc2)no1)c1ccccc1. The van der Waals surface area contributed by atoms with Crippen molar-refractivity contribution in [2.45, 2.75) is 32.4 Å². The Hall–Kier alpha value is -3.41. The van der Waals surface area contributed by atoms with Gasteiger partial charge in [0, 0.05) is 11.6 Å². The Balaban J connectivity index is 1.76. The number of ether oxygens (including phenoxy) is 1. The Morgan fingerprint density at radius 2 is 1.68 bits per heavy atom. The largest absolute Gasteiger partial charge is 0.463 e. The second-order valence-electron chi connectivity index (χ2n) is 6.62. The molecule has 6 heteroatoms. The Morgan fingerprint density at radius 1 is 1.04 bits per heavy atom. The van der Waals surface area contributed by atoms with Crippen LogP contribution >= 0.6 is 0 Å². The van der Waals surface area contributed by atoms with Crippen molar-refractivity contribution in [3.8, 4) is 11.3 Å². The number of carbonyl (C=O) groups excluding carboxylic acids is 2. The maximum Gasteiger partial charge on any atom is 0.308 e. The van der Waals surface area contributed by atoms with Crippen LogP contribution in [0.2, 0.25) is 0 Å². The number of aromatic nitrogens is 1. The standard InChI is InChI=1S/C22H22N2O4/c1-15(2)27-21(25)14-18(16-9-5-3-6-10-16)23-22(26)20-13-19(24-28-20)17-11-7-4-8-12-17/h3-13,15,18H,14H2,1-2H3,(H,23,26). The van der Waals surface area contributed by atoms with Gasteiger partial charge in [-0.2, -0.15) is 0 Å². The number of hydrogen-bond donors (Lipinski definition) is 1. The maximum absolute atomic E-state index is 12.7. The quantitative estimate of drug-likeness (QED) is 0.625. The van der Waals surface area contributed by atoms with E-state index in [1.54, 1.807) is 19.9 Å². The molecule has 1 N–H and O–H groups in total. The van der Waals surface area contributed by atoms with Crippen LogP contribution in [-0.2, 0) is 9.53 Å². The topological polar surface area (TPSA) is 81.4 Å². The van der Waals surface area contributed by atoms with Gasteiger partial charge in [-0.3, -0.25) is 9.59 Å². The summed E-state index contributed by atoms with van der Waals surface area (Å²) in [6.07, 6.45) is -0.199. The van der Waals surface area contributed by atoms with Crippen LogP contribution in [0.5, 0.6) is 0 Å². The Labute approximate surface area is 163 Å². The minimum Gasteiger partial charge on any atom is -0.463 e. The summed E-state index contributed by atoms with van der Waals surface area (Å²) in [6.45, 7) is 3.57. The fourth-order valence-electron chi connectivity index (χ4n) is 2.77. The zero-order valence-corrected chi connectivity index (χ0v) is 15.8. The number of hydrogen-bond acceptors (Lipinski definition) is 5. The van der Waals surface area contributed by atoms with Gasteiger partial charge in [0.15, 0.2) is 0 Å². The fourth-order valence-corrected chi connectivity index (χ4v) is 2.77. The number of nitrogens with one attached hydrogen (secondary N) is 1. The molecule has 0 saturated heterocycles. The molecule has 2 aromatic carbocycles. The van der Waals surface area contributed by atoms with E-state index in [0.717, 1.165) is 11.1 Å². The highest BCUT2D eigenvalue weighted by Crippen LogP contribution is 2.21. The molecule has 6 nitrogen and oxygen atoms in total. The molecule has 0 radical (unpaired) electrons. The van der Waals surface area contributed by atoms with Crippen molar-refractivity contribution >= 4 is 11.9 Å². The van der Waals surface area contributed by atoms with Crippen molar-refractivity contribution in [1.29, 1.82) is 0 Å². The Morgan fingerprint density at radius 3 is 2.32 bits per heavy atom. The first-order chi connectivity index (χ1) is 13.5. The summed E-state index contributed by atoms with van der Waals surface area (Å²) in [7, 11) is 0. The smallest absolute Gasteiger partial charge is 0.308 e. The third-order valence-electron chi connectivity index (χ3n) is 4.05. The van der Waals surface area contributed by atoms with Crippen LogP contribution in [0.4, 0.5) is 0 Å². The van der Waals surface area contributed by atoms with E-state index in [0.29, 0.717) is 5.69 Å². The van der Waals surface area contributed by atoms with Crippen molar-refractivity contribution < 1.29 is 18.8 Å². The van der Waals surface area contributed by atoms with Gasteiger partial charge in [-0.05, 0) is 19.4 Å². The summed E-state index contributed by atoms with van der Waals surface area (Å²) in [4.78, 5) is 24.8. The average Bonchev–Trinajstić information content (AvgIpc) is 3.18. The molecular formula is C22H22N2O4. The molecule has 1 unspecified atom stereocenters. The highest BCUT2D eigenvalue weighted by molar-refractivity contribution is 5.93. The Kier molecular flexibility index (Phi) is 6.22. The van der Waals surface area contributed by atoms with E-state index >= 15 is 0 Å². The Bertz CT molecular complexity index is 920. The van der Waals surface area contributed by atoms with Gasteiger partial charge in [0.2, 0.25) is 5.76 Å². The van der Waals surface area contributed by atoms with Crippen molar-refractivity contribution in [1.82, 2.24) is 10.5 Å². The van der Waals surface area contributed by atoms with E-state index in [4.69, 9.17) is 9.26 Å². The lowest BCUT2D eigenvalue weighted by Gasteiger charge is -2.18. The normalized spacial score (nSPS) is 11.8. The molecule has 3 aromatic rings. The van der Waals surface area contributed by atoms with Crippen molar-refractivity contribution in [2.24, 2.45) is 0 Å². The molecule has 0 aliphatic carbocycles.